The van der Waals surface area contributed by atoms with Crippen molar-refractivity contribution in [3.05, 3.63) is 31.8 Å². The fourth-order valence-corrected chi connectivity index (χ4v) is 2.97. The topological polar surface area (TPSA) is 49.3 Å². The molecule has 2 rings (SSSR count). The quantitative estimate of drug-likeness (QED) is 0.718. The van der Waals surface area contributed by atoms with Crippen molar-refractivity contribution in [2.75, 3.05) is 0 Å². The minimum atomic E-state index is -0.331. The predicted octanol–water partition coefficient (Wildman–Crippen LogP) is 2.94. The predicted molar refractivity (Wildman–Crippen MR) is 82.5 cm³/mol. The Balaban J connectivity index is 2.12. The molecule has 2 atom stereocenters. The Labute approximate surface area is 129 Å². The van der Waals surface area contributed by atoms with Crippen molar-refractivity contribution < 1.29 is 9.90 Å². The largest absolute Gasteiger partial charge is 0.392 e. The molecule has 3 nitrogen and oxygen atoms in total. The summed E-state index contributed by atoms with van der Waals surface area (Å²) in [6.45, 7) is 3.94. The van der Waals surface area contributed by atoms with Crippen LogP contribution in [0.15, 0.2) is 22.7 Å². The molecule has 0 spiro atoms. The minimum Gasteiger partial charge on any atom is -0.392 e. The molecule has 0 bridgehead atoms. The van der Waals surface area contributed by atoms with E-state index in [0.717, 1.165) is 8.04 Å². The van der Waals surface area contributed by atoms with Crippen molar-refractivity contribution in [3.8, 4) is 0 Å². The average Bonchev–Trinajstić information content (AvgIpc) is 2.31. The zero-order valence-electron chi connectivity index (χ0n) is 10.2. The number of benzene rings is 1. The van der Waals surface area contributed by atoms with Gasteiger partial charge in [0.1, 0.15) is 0 Å². The van der Waals surface area contributed by atoms with E-state index in [4.69, 9.17) is 0 Å². The van der Waals surface area contributed by atoms with Crippen LogP contribution >= 0.6 is 38.5 Å². The summed E-state index contributed by atoms with van der Waals surface area (Å²) >= 11 is 5.57. The van der Waals surface area contributed by atoms with E-state index in [1.807, 2.05) is 32.0 Å². The van der Waals surface area contributed by atoms with E-state index in [9.17, 15) is 9.90 Å². The zero-order valence-corrected chi connectivity index (χ0v) is 13.9. The van der Waals surface area contributed by atoms with Crippen LogP contribution in [0, 0.1) is 8.99 Å². The van der Waals surface area contributed by atoms with Crippen LogP contribution in [0.1, 0.15) is 30.6 Å². The summed E-state index contributed by atoms with van der Waals surface area (Å²) in [5.74, 6) is -0.0923. The molecule has 5 heteroatoms. The van der Waals surface area contributed by atoms with Crippen LogP contribution < -0.4 is 5.32 Å². The number of carbonyl (C=O) groups is 1. The van der Waals surface area contributed by atoms with Gasteiger partial charge in [-0.1, -0.05) is 13.8 Å². The van der Waals surface area contributed by atoms with Crippen LogP contribution in [-0.2, 0) is 0 Å². The van der Waals surface area contributed by atoms with E-state index in [2.05, 4.69) is 43.8 Å². The van der Waals surface area contributed by atoms with Gasteiger partial charge in [-0.15, -0.1) is 0 Å². The third-order valence-electron chi connectivity index (χ3n) is 3.69. The maximum Gasteiger partial charge on any atom is 0.252 e. The number of rotatable bonds is 2. The van der Waals surface area contributed by atoms with Crippen LogP contribution in [0.4, 0.5) is 0 Å². The van der Waals surface area contributed by atoms with Gasteiger partial charge in [0.05, 0.1) is 11.7 Å². The Morgan fingerprint density at radius 3 is 2.78 bits per heavy atom. The van der Waals surface area contributed by atoms with Gasteiger partial charge >= 0.3 is 0 Å². The van der Waals surface area contributed by atoms with Gasteiger partial charge in [0.2, 0.25) is 0 Å². The van der Waals surface area contributed by atoms with E-state index in [0.29, 0.717) is 12.0 Å². The maximum atomic E-state index is 12.2. The number of hydrogen-bond acceptors (Lipinski definition) is 2. The van der Waals surface area contributed by atoms with Crippen molar-refractivity contribution in [2.24, 2.45) is 5.41 Å². The number of aliphatic hydroxyl groups is 1. The molecule has 1 amide bonds. The Kier molecular flexibility index (Phi) is 4.04. The lowest BCUT2D eigenvalue weighted by Crippen LogP contribution is -2.61. The van der Waals surface area contributed by atoms with Crippen molar-refractivity contribution in [2.45, 2.75) is 32.4 Å². The van der Waals surface area contributed by atoms with Crippen LogP contribution in [0.2, 0.25) is 0 Å². The number of amides is 1. The molecule has 18 heavy (non-hydrogen) atoms. The lowest BCUT2D eigenvalue weighted by atomic mass is 9.64. The molecule has 1 aliphatic carbocycles. The molecule has 0 aromatic heterocycles. The first-order valence-corrected chi connectivity index (χ1v) is 7.63. The minimum absolute atomic E-state index is 0.0322. The molecule has 1 aromatic carbocycles. The molecule has 1 saturated carbocycles. The molecule has 2 unspecified atom stereocenters. The van der Waals surface area contributed by atoms with E-state index in [-0.39, 0.29) is 23.5 Å². The van der Waals surface area contributed by atoms with Gasteiger partial charge in [-0.3, -0.25) is 4.79 Å². The van der Waals surface area contributed by atoms with E-state index < -0.39 is 0 Å². The fourth-order valence-electron chi connectivity index (χ4n) is 2.05. The van der Waals surface area contributed by atoms with Crippen molar-refractivity contribution >= 4 is 44.4 Å². The van der Waals surface area contributed by atoms with Gasteiger partial charge in [-0.2, -0.15) is 0 Å². The van der Waals surface area contributed by atoms with Gasteiger partial charge in [0.25, 0.3) is 5.91 Å². The number of halogens is 2. The van der Waals surface area contributed by atoms with Crippen LogP contribution in [-0.4, -0.2) is 23.2 Å². The summed E-state index contributed by atoms with van der Waals surface area (Å²) in [7, 11) is 0. The third kappa shape index (κ3) is 2.58. The number of carbonyl (C=O) groups excluding carboxylic acids is 1. The van der Waals surface area contributed by atoms with Crippen molar-refractivity contribution in [3.63, 3.8) is 0 Å². The molecule has 0 radical (unpaired) electrons. The summed E-state index contributed by atoms with van der Waals surface area (Å²) in [4.78, 5) is 12.2. The molecule has 1 aromatic rings. The first-order valence-electron chi connectivity index (χ1n) is 5.76. The van der Waals surface area contributed by atoms with Gasteiger partial charge < -0.3 is 10.4 Å². The van der Waals surface area contributed by atoms with E-state index in [1.165, 1.54) is 0 Å². The third-order valence-corrected chi connectivity index (χ3v) is 5.06. The molecule has 2 N–H and O–H groups in total. The Hall–Kier alpha value is -0.140. The standard InChI is InChI=1S/C13H15BrINO2/c1-13(2)10(6-11(13)17)16-12(18)8-5-7(15)3-4-9(8)14/h3-5,10-11,17H,6H2,1-2H3,(H,16,18). The van der Waals surface area contributed by atoms with Gasteiger partial charge in [0, 0.05) is 19.5 Å². The first kappa shape index (κ1) is 14.3. The molecule has 1 fully saturated rings. The summed E-state index contributed by atoms with van der Waals surface area (Å²) in [5.41, 5.74) is 0.392. The molecule has 1 aliphatic rings. The highest BCUT2D eigenvalue weighted by atomic mass is 127. The smallest absolute Gasteiger partial charge is 0.252 e. The summed E-state index contributed by atoms with van der Waals surface area (Å²) < 4.78 is 1.81. The van der Waals surface area contributed by atoms with Crippen molar-refractivity contribution in [1.29, 1.82) is 0 Å². The Morgan fingerprint density at radius 2 is 2.22 bits per heavy atom. The van der Waals surface area contributed by atoms with Gasteiger partial charge in [-0.05, 0) is 63.1 Å². The maximum absolute atomic E-state index is 12.2. The highest BCUT2D eigenvalue weighted by Crippen LogP contribution is 2.40. The SMILES string of the molecule is CC1(C)C(O)CC1NC(=O)c1cc(I)ccc1Br. The van der Waals surface area contributed by atoms with Crippen LogP contribution in [0.3, 0.4) is 0 Å². The Morgan fingerprint density at radius 1 is 1.56 bits per heavy atom. The Bertz CT molecular complexity index is 490. The number of hydrogen-bond donors (Lipinski definition) is 2. The van der Waals surface area contributed by atoms with Crippen LogP contribution in [0.5, 0.6) is 0 Å². The van der Waals surface area contributed by atoms with Gasteiger partial charge in [-0.25, -0.2) is 0 Å². The second-order valence-corrected chi connectivity index (χ2v) is 7.32. The lowest BCUT2D eigenvalue weighted by molar-refractivity contribution is -0.0689. The highest BCUT2D eigenvalue weighted by Gasteiger charge is 2.48. The molecular formula is C13H15BrINO2. The zero-order chi connectivity index (χ0) is 13.5. The molecule has 0 aliphatic heterocycles. The summed E-state index contributed by atoms with van der Waals surface area (Å²) in [6.07, 6.45) is 0.294. The second kappa shape index (κ2) is 5.09. The summed E-state index contributed by atoms with van der Waals surface area (Å²) in [6, 6.07) is 5.70. The summed E-state index contributed by atoms with van der Waals surface area (Å²) in [5, 5.41) is 12.7. The van der Waals surface area contributed by atoms with E-state index in [1.54, 1.807) is 0 Å². The van der Waals surface area contributed by atoms with E-state index >= 15 is 0 Å². The fraction of sp³-hybridized carbons (Fsp3) is 0.462. The monoisotopic (exact) mass is 423 g/mol. The molecule has 0 saturated heterocycles. The normalized spacial score (nSPS) is 25.4. The highest BCUT2D eigenvalue weighted by molar-refractivity contribution is 14.1. The van der Waals surface area contributed by atoms with Gasteiger partial charge in [0.15, 0.2) is 0 Å². The average molecular weight is 424 g/mol. The molecule has 98 valence electrons. The number of nitrogens with one attached hydrogen (secondary N) is 1. The second-order valence-electron chi connectivity index (χ2n) is 5.22. The number of aliphatic hydroxyl groups excluding tert-OH is 1. The molecule has 0 heterocycles. The van der Waals surface area contributed by atoms with Crippen LogP contribution in [0.25, 0.3) is 0 Å². The first-order chi connectivity index (χ1) is 8.32. The lowest BCUT2D eigenvalue weighted by Gasteiger charge is -2.49. The molecular weight excluding hydrogens is 409 g/mol. The van der Waals surface area contributed by atoms with Crippen molar-refractivity contribution in [1.82, 2.24) is 5.32 Å².